The van der Waals surface area contributed by atoms with Crippen LogP contribution >= 0.6 is 12.4 Å². The lowest BCUT2D eigenvalue weighted by atomic mass is 9.97. The molecule has 90 valence electrons. The number of carboxylic acid groups (broad SMARTS) is 1. The number of phenols is 1. The van der Waals surface area contributed by atoms with Crippen LogP contribution in [-0.2, 0) is 0 Å². The van der Waals surface area contributed by atoms with E-state index in [-0.39, 0.29) is 29.3 Å². The first-order chi connectivity index (χ1) is 6.99. The molecule has 1 atom stereocenters. The van der Waals surface area contributed by atoms with Crippen molar-refractivity contribution in [3.05, 3.63) is 28.8 Å². The van der Waals surface area contributed by atoms with Crippen LogP contribution in [0.5, 0.6) is 5.75 Å². The second-order valence-corrected chi connectivity index (χ2v) is 3.29. The Balaban J connectivity index is 0.00000225. The van der Waals surface area contributed by atoms with E-state index < -0.39 is 18.6 Å². The Morgan fingerprint density at radius 2 is 2.06 bits per heavy atom. The average molecular weight is 248 g/mol. The number of aromatic carboxylic acids is 1. The number of rotatable bonds is 3. The number of aliphatic hydroxyl groups is 1. The number of carboxylic acids is 1. The minimum absolute atomic E-state index is 0. The van der Waals surface area contributed by atoms with Gasteiger partial charge < -0.3 is 21.1 Å². The molecule has 0 spiro atoms. The van der Waals surface area contributed by atoms with Gasteiger partial charge in [0.1, 0.15) is 5.75 Å². The van der Waals surface area contributed by atoms with Crippen LogP contribution in [0.3, 0.4) is 0 Å². The Morgan fingerprint density at radius 1 is 1.50 bits per heavy atom. The van der Waals surface area contributed by atoms with Gasteiger partial charge in [-0.15, -0.1) is 12.4 Å². The molecule has 0 amide bonds. The van der Waals surface area contributed by atoms with Gasteiger partial charge in [-0.05, 0) is 18.6 Å². The zero-order valence-electron chi connectivity index (χ0n) is 8.67. The first-order valence-corrected chi connectivity index (χ1v) is 4.41. The topological polar surface area (TPSA) is 104 Å². The number of hydrogen-bond acceptors (Lipinski definition) is 4. The van der Waals surface area contributed by atoms with Gasteiger partial charge in [0.05, 0.1) is 18.2 Å². The van der Waals surface area contributed by atoms with Crippen molar-refractivity contribution in [2.24, 2.45) is 5.73 Å². The highest BCUT2D eigenvalue weighted by Crippen LogP contribution is 2.29. The summed E-state index contributed by atoms with van der Waals surface area (Å²) in [6, 6.07) is 1.96. The minimum atomic E-state index is -1.18. The van der Waals surface area contributed by atoms with Crippen LogP contribution in [0, 0.1) is 6.92 Å². The van der Waals surface area contributed by atoms with Crippen molar-refractivity contribution in [3.63, 3.8) is 0 Å². The molecule has 0 aliphatic rings. The zero-order valence-corrected chi connectivity index (χ0v) is 9.49. The number of nitrogens with two attached hydrogens (primary N) is 1. The summed E-state index contributed by atoms with van der Waals surface area (Å²) in [5, 5.41) is 27.4. The quantitative estimate of drug-likeness (QED) is 0.633. The first kappa shape index (κ1) is 14.7. The summed E-state index contributed by atoms with van der Waals surface area (Å²) in [6.45, 7) is 1.21. The van der Waals surface area contributed by atoms with Gasteiger partial charge >= 0.3 is 5.97 Å². The fourth-order valence-electron chi connectivity index (χ4n) is 1.37. The van der Waals surface area contributed by atoms with E-state index in [1.54, 1.807) is 6.92 Å². The number of halogens is 1. The second kappa shape index (κ2) is 5.69. The van der Waals surface area contributed by atoms with Crippen molar-refractivity contribution < 1.29 is 20.1 Å². The molecule has 1 aromatic rings. The molecule has 0 aliphatic carbocycles. The summed E-state index contributed by atoms with van der Waals surface area (Å²) in [4.78, 5) is 10.9. The van der Waals surface area contributed by atoms with Crippen LogP contribution < -0.4 is 5.73 Å². The van der Waals surface area contributed by atoms with Crippen molar-refractivity contribution in [1.29, 1.82) is 0 Å². The summed E-state index contributed by atoms with van der Waals surface area (Å²) in [7, 11) is 0. The molecular formula is C10H14ClNO4. The summed E-state index contributed by atoms with van der Waals surface area (Å²) >= 11 is 0. The number of aryl methyl sites for hydroxylation is 1. The van der Waals surface area contributed by atoms with Crippen LogP contribution in [0.2, 0.25) is 0 Å². The Kier molecular flexibility index (Phi) is 5.23. The Bertz CT molecular complexity index is 395. The highest BCUT2D eigenvalue weighted by Gasteiger charge is 2.20. The predicted octanol–water partition coefficient (Wildman–Crippen LogP) is 0.813. The Morgan fingerprint density at radius 3 is 2.50 bits per heavy atom. The zero-order chi connectivity index (χ0) is 11.6. The number of hydrogen-bond donors (Lipinski definition) is 4. The van der Waals surface area contributed by atoms with Gasteiger partial charge in [-0.1, -0.05) is 6.07 Å². The van der Waals surface area contributed by atoms with E-state index in [2.05, 4.69) is 0 Å². The predicted molar refractivity (Wildman–Crippen MR) is 61.1 cm³/mol. The highest BCUT2D eigenvalue weighted by atomic mass is 35.5. The third-order valence-electron chi connectivity index (χ3n) is 2.22. The fourth-order valence-corrected chi connectivity index (χ4v) is 1.37. The number of carbonyl (C=O) groups is 1. The van der Waals surface area contributed by atoms with Gasteiger partial charge in [0.15, 0.2) is 0 Å². The van der Waals surface area contributed by atoms with Crippen molar-refractivity contribution in [2.75, 3.05) is 6.61 Å². The maximum Gasteiger partial charge on any atom is 0.336 e. The normalized spacial score (nSPS) is 11.7. The number of phenolic OH excluding ortho intramolecular Hbond substituents is 1. The second-order valence-electron chi connectivity index (χ2n) is 3.29. The van der Waals surface area contributed by atoms with Crippen LogP contribution in [0.15, 0.2) is 12.1 Å². The first-order valence-electron chi connectivity index (χ1n) is 4.41. The molecule has 1 rings (SSSR count). The molecule has 0 aromatic heterocycles. The molecule has 1 aromatic carbocycles. The van der Waals surface area contributed by atoms with Crippen molar-refractivity contribution in [3.8, 4) is 5.75 Å². The van der Waals surface area contributed by atoms with Crippen LogP contribution in [-0.4, -0.2) is 27.9 Å². The van der Waals surface area contributed by atoms with Gasteiger partial charge in [-0.25, -0.2) is 4.79 Å². The molecule has 0 saturated carbocycles. The highest BCUT2D eigenvalue weighted by molar-refractivity contribution is 5.90. The maximum absolute atomic E-state index is 10.9. The van der Waals surface area contributed by atoms with Crippen molar-refractivity contribution in [1.82, 2.24) is 0 Å². The lowest BCUT2D eigenvalue weighted by molar-refractivity contribution is 0.0694. The fraction of sp³-hybridized carbons (Fsp3) is 0.300. The third kappa shape index (κ3) is 2.63. The molecule has 6 heteroatoms. The van der Waals surface area contributed by atoms with E-state index in [9.17, 15) is 9.90 Å². The molecule has 5 N–H and O–H groups in total. The van der Waals surface area contributed by atoms with E-state index in [1.807, 2.05) is 0 Å². The maximum atomic E-state index is 10.9. The van der Waals surface area contributed by atoms with Gasteiger partial charge in [-0.3, -0.25) is 0 Å². The van der Waals surface area contributed by atoms with Crippen LogP contribution in [0.4, 0.5) is 0 Å². The molecule has 5 nitrogen and oxygen atoms in total. The monoisotopic (exact) mass is 247 g/mol. The largest absolute Gasteiger partial charge is 0.507 e. The molecule has 16 heavy (non-hydrogen) atoms. The van der Waals surface area contributed by atoms with E-state index in [0.29, 0.717) is 5.56 Å². The van der Waals surface area contributed by atoms with E-state index >= 15 is 0 Å². The number of benzene rings is 1. The van der Waals surface area contributed by atoms with Crippen molar-refractivity contribution >= 4 is 18.4 Å². The summed E-state index contributed by atoms with van der Waals surface area (Å²) in [5.41, 5.74) is 6.05. The average Bonchev–Trinajstić information content (AvgIpc) is 2.20. The molecule has 0 saturated heterocycles. The number of aliphatic hydroxyl groups excluding tert-OH is 1. The minimum Gasteiger partial charge on any atom is -0.507 e. The molecular weight excluding hydrogens is 234 g/mol. The molecule has 0 aliphatic heterocycles. The SMILES string of the molecule is Cc1ccc(C(=O)O)c([C@@H](N)CO)c1O.Cl. The van der Waals surface area contributed by atoms with Crippen molar-refractivity contribution in [2.45, 2.75) is 13.0 Å². The standard InChI is InChI=1S/C10H13NO4.ClH/c1-5-2-3-6(10(14)15)8(9(5)13)7(11)4-12;/h2-3,7,12-13H,4,11H2,1H3,(H,14,15);1H/t7-;/m0./s1. The van der Waals surface area contributed by atoms with E-state index in [1.165, 1.54) is 12.1 Å². The van der Waals surface area contributed by atoms with Gasteiger partial charge in [-0.2, -0.15) is 0 Å². The lowest BCUT2D eigenvalue weighted by Gasteiger charge is -2.15. The molecule has 0 radical (unpaired) electrons. The van der Waals surface area contributed by atoms with Crippen LogP contribution in [0.1, 0.15) is 27.5 Å². The lowest BCUT2D eigenvalue weighted by Crippen LogP contribution is -2.18. The smallest absolute Gasteiger partial charge is 0.336 e. The number of aromatic hydroxyl groups is 1. The molecule has 0 unspecified atom stereocenters. The molecule has 0 heterocycles. The summed E-state index contributed by atoms with van der Waals surface area (Å²) in [5.74, 6) is -1.35. The summed E-state index contributed by atoms with van der Waals surface area (Å²) < 4.78 is 0. The van der Waals surface area contributed by atoms with E-state index in [0.717, 1.165) is 0 Å². The molecule has 0 bridgehead atoms. The Labute approximate surface area is 98.9 Å². The third-order valence-corrected chi connectivity index (χ3v) is 2.22. The van der Waals surface area contributed by atoms with Gasteiger partial charge in [0, 0.05) is 5.56 Å². The van der Waals surface area contributed by atoms with Gasteiger partial charge in [0.25, 0.3) is 0 Å². The van der Waals surface area contributed by atoms with E-state index in [4.69, 9.17) is 15.9 Å². The molecule has 0 fully saturated rings. The summed E-state index contributed by atoms with van der Waals surface area (Å²) in [6.07, 6.45) is 0. The Hall–Kier alpha value is -1.30. The van der Waals surface area contributed by atoms with Crippen LogP contribution in [0.25, 0.3) is 0 Å². The van der Waals surface area contributed by atoms with Gasteiger partial charge in [0.2, 0.25) is 0 Å².